The third kappa shape index (κ3) is 3.09. The number of carbonyl (C=O) groups is 1. The van der Waals surface area contributed by atoms with Crippen molar-refractivity contribution in [1.82, 2.24) is 14.9 Å². The van der Waals surface area contributed by atoms with Crippen molar-refractivity contribution in [3.05, 3.63) is 54.4 Å². The van der Waals surface area contributed by atoms with E-state index >= 15 is 0 Å². The molecule has 1 amide bonds. The van der Waals surface area contributed by atoms with Gasteiger partial charge < -0.3 is 19.5 Å². The molecule has 28 heavy (non-hydrogen) atoms. The molecule has 144 valence electrons. The quantitative estimate of drug-likeness (QED) is 0.758. The zero-order valence-corrected chi connectivity index (χ0v) is 15.8. The van der Waals surface area contributed by atoms with Gasteiger partial charge in [-0.2, -0.15) is 0 Å². The van der Waals surface area contributed by atoms with Crippen LogP contribution in [0.15, 0.2) is 48.8 Å². The number of pyridine rings is 1. The number of hydrogen-bond donors (Lipinski definition) is 1. The van der Waals surface area contributed by atoms with Crippen molar-refractivity contribution in [2.45, 2.75) is 25.4 Å². The number of nitrogens with zero attached hydrogens (tertiary/aromatic N) is 3. The van der Waals surface area contributed by atoms with Crippen molar-refractivity contribution in [2.75, 3.05) is 31.1 Å². The Bertz CT molecular complexity index is 993. The van der Waals surface area contributed by atoms with Gasteiger partial charge in [-0.05, 0) is 43.2 Å². The van der Waals surface area contributed by atoms with Crippen molar-refractivity contribution in [1.29, 1.82) is 0 Å². The van der Waals surface area contributed by atoms with Crippen molar-refractivity contribution in [3.63, 3.8) is 0 Å². The lowest BCUT2D eigenvalue weighted by Crippen LogP contribution is -2.31. The van der Waals surface area contributed by atoms with Crippen LogP contribution in [0.5, 0.6) is 5.75 Å². The molecule has 2 aliphatic heterocycles. The van der Waals surface area contributed by atoms with Crippen LogP contribution in [0, 0.1) is 0 Å². The number of amides is 1. The van der Waals surface area contributed by atoms with Gasteiger partial charge in [-0.3, -0.25) is 4.79 Å². The predicted molar refractivity (Wildman–Crippen MR) is 109 cm³/mol. The summed E-state index contributed by atoms with van der Waals surface area (Å²) in [6.45, 7) is 3.38. The number of anilines is 1. The van der Waals surface area contributed by atoms with Crippen LogP contribution < -0.4 is 9.64 Å². The second kappa shape index (κ2) is 7.19. The smallest absolute Gasteiger partial charge is 0.254 e. The molecule has 1 atom stereocenters. The summed E-state index contributed by atoms with van der Waals surface area (Å²) in [5.74, 6) is 1.83. The number of carbonyl (C=O) groups excluding carboxylic acids is 1. The molecule has 0 unspecified atom stereocenters. The molecule has 0 bridgehead atoms. The van der Waals surface area contributed by atoms with Gasteiger partial charge in [0.05, 0.1) is 6.54 Å². The molecule has 2 aliphatic rings. The Morgan fingerprint density at radius 1 is 1.11 bits per heavy atom. The monoisotopic (exact) mass is 376 g/mol. The molecule has 2 aromatic heterocycles. The predicted octanol–water partition coefficient (Wildman–Crippen LogP) is 3.46. The van der Waals surface area contributed by atoms with Gasteiger partial charge in [0.25, 0.3) is 5.91 Å². The number of rotatable bonds is 4. The van der Waals surface area contributed by atoms with Crippen LogP contribution in [-0.4, -0.2) is 53.1 Å². The maximum Gasteiger partial charge on any atom is 0.254 e. The van der Waals surface area contributed by atoms with Crippen LogP contribution in [0.3, 0.4) is 0 Å². The Morgan fingerprint density at radius 3 is 2.89 bits per heavy atom. The first-order valence-corrected chi connectivity index (χ1v) is 10.0. The number of likely N-dealkylation sites (tertiary alicyclic amines) is 1. The second-order valence-corrected chi connectivity index (χ2v) is 7.54. The van der Waals surface area contributed by atoms with Crippen LogP contribution in [-0.2, 0) is 0 Å². The minimum absolute atomic E-state index is 0.0000640. The number of hydrogen-bond acceptors (Lipinski definition) is 4. The number of fused-ring (bicyclic) bond motifs is 1. The van der Waals surface area contributed by atoms with E-state index in [9.17, 15) is 4.79 Å². The van der Waals surface area contributed by atoms with Crippen molar-refractivity contribution >= 4 is 22.6 Å². The largest absolute Gasteiger partial charge is 0.485 e. The molecule has 4 heterocycles. The fourth-order valence-corrected chi connectivity index (χ4v) is 4.27. The van der Waals surface area contributed by atoms with E-state index in [0.717, 1.165) is 47.5 Å². The van der Waals surface area contributed by atoms with Crippen molar-refractivity contribution < 1.29 is 9.53 Å². The Hall–Kier alpha value is -3.02. The first-order valence-electron chi connectivity index (χ1n) is 10.0. The van der Waals surface area contributed by atoms with Gasteiger partial charge >= 0.3 is 0 Å². The number of nitrogens with one attached hydrogen (secondary N) is 1. The summed E-state index contributed by atoms with van der Waals surface area (Å²) in [6, 6.07) is 11.7. The SMILES string of the molecule is O=C(c1cccc2[nH]ccc12)N1CC[C@H](Oc2cccnc2N2CCCC2)C1. The van der Waals surface area contributed by atoms with Gasteiger partial charge in [0, 0.05) is 54.9 Å². The minimum Gasteiger partial charge on any atom is -0.485 e. The Kier molecular flexibility index (Phi) is 4.39. The molecule has 0 aliphatic carbocycles. The normalized spacial score (nSPS) is 19.5. The highest BCUT2D eigenvalue weighted by Gasteiger charge is 2.30. The van der Waals surface area contributed by atoms with Gasteiger partial charge in [-0.25, -0.2) is 4.98 Å². The number of aromatic amines is 1. The Balaban J connectivity index is 1.30. The fraction of sp³-hybridized carbons (Fsp3) is 0.364. The molecule has 6 nitrogen and oxygen atoms in total. The van der Waals surface area contributed by atoms with E-state index in [1.165, 1.54) is 12.8 Å². The highest BCUT2D eigenvalue weighted by atomic mass is 16.5. The van der Waals surface area contributed by atoms with Crippen LogP contribution in [0.25, 0.3) is 10.9 Å². The number of ether oxygens (including phenoxy) is 1. The molecule has 0 saturated carbocycles. The van der Waals surface area contributed by atoms with Crippen LogP contribution >= 0.6 is 0 Å². The first kappa shape index (κ1) is 17.1. The standard InChI is InChI=1S/C22H24N4O2/c27-22(18-5-3-6-19-17(18)8-11-23-19)26-14-9-16(15-26)28-20-7-4-10-24-21(20)25-12-1-2-13-25/h3-8,10-11,16,23H,1-2,9,12-15H2/t16-/m0/s1. The summed E-state index contributed by atoms with van der Waals surface area (Å²) in [7, 11) is 0. The maximum absolute atomic E-state index is 13.1. The lowest BCUT2D eigenvalue weighted by atomic mass is 10.1. The highest BCUT2D eigenvalue weighted by molar-refractivity contribution is 6.06. The third-order valence-corrected chi connectivity index (χ3v) is 5.71. The van der Waals surface area contributed by atoms with Crippen molar-refractivity contribution in [2.24, 2.45) is 0 Å². The fourth-order valence-electron chi connectivity index (χ4n) is 4.27. The summed E-state index contributed by atoms with van der Waals surface area (Å²) >= 11 is 0. The topological polar surface area (TPSA) is 61.5 Å². The molecular weight excluding hydrogens is 352 g/mol. The molecule has 2 fully saturated rings. The van der Waals surface area contributed by atoms with Gasteiger partial charge in [-0.15, -0.1) is 0 Å². The third-order valence-electron chi connectivity index (χ3n) is 5.71. The van der Waals surface area contributed by atoms with E-state index in [1.807, 2.05) is 53.7 Å². The summed E-state index contributed by atoms with van der Waals surface area (Å²) in [5, 5.41) is 0.973. The number of H-pyrrole nitrogens is 1. The van der Waals surface area contributed by atoms with E-state index in [4.69, 9.17) is 4.74 Å². The first-order chi connectivity index (χ1) is 13.8. The average molecular weight is 376 g/mol. The molecule has 3 aromatic rings. The molecule has 1 N–H and O–H groups in total. The number of benzene rings is 1. The van der Waals surface area contributed by atoms with E-state index in [0.29, 0.717) is 13.1 Å². The minimum atomic E-state index is -0.0000640. The maximum atomic E-state index is 13.1. The van der Waals surface area contributed by atoms with Crippen LogP contribution in [0.2, 0.25) is 0 Å². The Morgan fingerprint density at radius 2 is 2.00 bits per heavy atom. The van der Waals surface area contributed by atoms with E-state index < -0.39 is 0 Å². The van der Waals surface area contributed by atoms with Gasteiger partial charge in [0.2, 0.25) is 0 Å². The molecule has 0 radical (unpaired) electrons. The summed E-state index contributed by atoms with van der Waals surface area (Å²) in [6.07, 6.45) is 6.93. The summed E-state index contributed by atoms with van der Waals surface area (Å²) < 4.78 is 6.30. The van der Waals surface area contributed by atoms with Gasteiger partial charge in [-0.1, -0.05) is 6.07 Å². The number of aromatic nitrogens is 2. The molecule has 1 aromatic carbocycles. The lowest BCUT2D eigenvalue weighted by molar-refractivity contribution is 0.0774. The molecule has 5 rings (SSSR count). The summed E-state index contributed by atoms with van der Waals surface area (Å²) in [4.78, 5) is 25.0. The molecule has 6 heteroatoms. The molecular formula is C22H24N4O2. The van der Waals surface area contributed by atoms with E-state index in [-0.39, 0.29) is 12.0 Å². The highest BCUT2D eigenvalue weighted by Crippen LogP contribution is 2.31. The Labute approximate surface area is 164 Å². The molecule has 2 saturated heterocycles. The second-order valence-electron chi connectivity index (χ2n) is 7.54. The van der Waals surface area contributed by atoms with Crippen LogP contribution in [0.1, 0.15) is 29.6 Å². The molecule has 0 spiro atoms. The zero-order chi connectivity index (χ0) is 18.9. The average Bonchev–Trinajstić information content (AvgIpc) is 3.48. The summed E-state index contributed by atoms with van der Waals surface area (Å²) in [5.41, 5.74) is 1.74. The van der Waals surface area contributed by atoms with E-state index in [2.05, 4.69) is 14.9 Å². The van der Waals surface area contributed by atoms with Crippen molar-refractivity contribution in [3.8, 4) is 5.75 Å². The zero-order valence-electron chi connectivity index (χ0n) is 15.8. The van der Waals surface area contributed by atoms with Gasteiger partial charge in [0.1, 0.15) is 6.10 Å². The van der Waals surface area contributed by atoms with Crippen LogP contribution in [0.4, 0.5) is 5.82 Å². The lowest BCUT2D eigenvalue weighted by Gasteiger charge is -2.22. The van der Waals surface area contributed by atoms with E-state index in [1.54, 1.807) is 0 Å². The van der Waals surface area contributed by atoms with Gasteiger partial charge in [0.15, 0.2) is 11.6 Å².